The molecular weight excluding hydrogens is 204 g/mol. The summed E-state index contributed by atoms with van der Waals surface area (Å²) in [4.78, 5) is 3.81. The van der Waals surface area contributed by atoms with Gasteiger partial charge in [-0.25, -0.2) is 0 Å². The minimum Gasteiger partial charge on any atom is -0.326 e. The van der Waals surface area contributed by atoms with Gasteiger partial charge in [-0.2, -0.15) is 0 Å². The molecule has 0 unspecified atom stereocenters. The van der Waals surface area contributed by atoms with Crippen molar-refractivity contribution in [3.63, 3.8) is 0 Å². The molecule has 15 heavy (non-hydrogen) atoms. The molecule has 1 heterocycles. The van der Waals surface area contributed by atoms with Gasteiger partial charge in [-0.05, 0) is 36.0 Å². The van der Waals surface area contributed by atoms with E-state index in [-0.39, 0.29) is 0 Å². The van der Waals surface area contributed by atoms with Crippen molar-refractivity contribution in [1.29, 1.82) is 0 Å². The van der Waals surface area contributed by atoms with Crippen molar-refractivity contribution in [2.75, 3.05) is 13.1 Å². The number of hydrogen-bond donors (Lipinski definition) is 1. The topological polar surface area (TPSA) is 29.3 Å². The summed E-state index contributed by atoms with van der Waals surface area (Å²) in [6, 6.07) is 0. The molecule has 0 aliphatic rings. The Morgan fingerprint density at radius 1 is 1.27 bits per heavy atom. The van der Waals surface area contributed by atoms with Gasteiger partial charge >= 0.3 is 0 Å². The van der Waals surface area contributed by atoms with E-state index in [1.54, 1.807) is 0 Å². The maximum Gasteiger partial charge on any atom is 0.0276 e. The highest BCUT2D eigenvalue weighted by Gasteiger charge is 2.10. The molecule has 0 aromatic carbocycles. The van der Waals surface area contributed by atoms with Crippen LogP contribution in [-0.2, 0) is 19.5 Å². The molecule has 0 saturated carbocycles. The molecule has 0 fully saturated rings. The lowest BCUT2D eigenvalue weighted by Gasteiger charge is -2.18. The Balaban J connectivity index is 2.79. The quantitative estimate of drug-likeness (QED) is 0.808. The van der Waals surface area contributed by atoms with E-state index < -0.39 is 0 Å². The molecule has 1 aromatic rings. The minimum absolute atomic E-state index is 0.687. The molecule has 0 aliphatic heterocycles. The normalized spacial score (nSPS) is 11.3. The van der Waals surface area contributed by atoms with Crippen molar-refractivity contribution >= 4 is 11.3 Å². The molecule has 0 spiro atoms. The summed E-state index contributed by atoms with van der Waals surface area (Å²) in [5, 5.41) is 2.28. The number of hydrogen-bond acceptors (Lipinski definition) is 3. The van der Waals surface area contributed by atoms with Gasteiger partial charge in [0, 0.05) is 18.0 Å². The molecule has 86 valence electrons. The molecule has 0 atom stereocenters. The summed E-state index contributed by atoms with van der Waals surface area (Å²) in [6.07, 6.45) is 1.10. The van der Waals surface area contributed by atoms with Crippen molar-refractivity contribution in [2.45, 2.75) is 40.3 Å². The van der Waals surface area contributed by atoms with Gasteiger partial charge in [0.25, 0.3) is 0 Å². The molecular formula is C12H22N2S. The first kappa shape index (κ1) is 12.7. The highest BCUT2D eigenvalue weighted by Crippen LogP contribution is 2.24. The molecule has 0 aliphatic carbocycles. The van der Waals surface area contributed by atoms with E-state index in [4.69, 9.17) is 5.73 Å². The van der Waals surface area contributed by atoms with Crippen molar-refractivity contribution in [3.8, 4) is 0 Å². The summed E-state index contributed by atoms with van der Waals surface area (Å²) in [5.41, 5.74) is 8.69. The van der Waals surface area contributed by atoms with Gasteiger partial charge in [0.1, 0.15) is 0 Å². The van der Waals surface area contributed by atoms with E-state index >= 15 is 0 Å². The zero-order chi connectivity index (χ0) is 11.3. The Labute approximate surface area is 97.1 Å². The van der Waals surface area contributed by atoms with Crippen molar-refractivity contribution in [1.82, 2.24) is 4.90 Å². The second-order valence-corrected chi connectivity index (χ2v) is 4.65. The maximum atomic E-state index is 5.73. The van der Waals surface area contributed by atoms with Gasteiger partial charge in [-0.3, -0.25) is 4.90 Å². The second kappa shape index (κ2) is 6.26. The van der Waals surface area contributed by atoms with Gasteiger partial charge < -0.3 is 5.73 Å². The van der Waals surface area contributed by atoms with Gasteiger partial charge in [-0.1, -0.05) is 20.8 Å². The molecule has 0 amide bonds. The first-order chi connectivity index (χ1) is 7.26. The van der Waals surface area contributed by atoms with Crippen molar-refractivity contribution < 1.29 is 0 Å². The zero-order valence-electron chi connectivity index (χ0n) is 10.0. The number of nitrogens with zero attached hydrogens (tertiary/aromatic N) is 1. The Kier molecular flexibility index (Phi) is 5.29. The van der Waals surface area contributed by atoms with Gasteiger partial charge in [0.05, 0.1) is 0 Å². The zero-order valence-corrected chi connectivity index (χ0v) is 10.9. The predicted molar refractivity (Wildman–Crippen MR) is 68.2 cm³/mol. The molecule has 0 radical (unpaired) electrons. The predicted octanol–water partition coefficient (Wildman–Crippen LogP) is 2.61. The molecule has 2 N–H and O–H groups in total. The van der Waals surface area contributed by atoms with E-state index in [9.17, 15) is 0 Å². The van der Waals surface area contributed by atoms with E-state index in [1.807, 2.05) is 11.3 Å². The third-order valence-corrected chi connectivity index (χ3v) is 3.99. The monoisotopic (exact) mass is 226 g/mol. The van der Waals surface area contributed by atoms with Crippen LogP contribution in [0.2, 0.25) is 0 Å². The third kappa shape index (κ3) is 3.03. The van der Waals surface area contributed by atoms with Crippen LogP contribution in [0.5, 0.6) is 0 Å². The lowest BCUT2D eigenvalue weighted by Crippen LogP contribution is -2.22. The Bertz CT molecular complexity index is 290. The summed E-state index contributed by atoms with van der Waals surface area (Å²) in [5.74, 6) is 0. The SMILES string of the molecule is CCc1c(CN(CC)CC)csc1CN. The number of nitrogens with two attached hydrogens (primary N) is 1. The van der Waals surface area contributed by atoms with E-state index in [1.165, 1.54) is 16.0 Å². The van der Waals surface area contributed by atoms with Crippen LogP contribution in [-0.4, -0.2) is 18.0 Å². The first-order valence-electron chi connectivity index (χ1n) is 5.77. The van der Waals surface area contributed by atoms with Crippen molar-refractivity contribution in [2.24, 2.45) is 5.73 Å². The molecule has 3 heteroatoms. The smallest absolute Gasteiger partial charge is 0.0276 e. The average Bonchev–Trinajstić information content (AvgIpc) is 2.67. The molecule has 0 bridgehead atoms. The fraction of sp³-hybridized carbons (Fsp3) is 0.667. The van der Waals surface area contributed by atoms with Crippen molar-refractivity contribution in [3.05, 3.63) is 21.4 Å². The van der Waals surface area contributed by atoms with Crippen LogP contribution in [0.25, 0.3) is 0 Å². The summed E-state index contributed by atoms with van der Waals surface area (Å²) in [7, 11) is 0. The Hall–Kier alpha value is -0.380. The standard InChI is InChI=1S/C12H22N2S/c1-4-11-10(8-14(5-2)6-3)9-15-12(11)7-13/h9H,4-8,13H2,1-3H3. The minimum atomic E-state index is 0.687. The largest absolute Gasteiger partial charge is 0.326 e. The fourth-order valence-corrected chi connectivity index (χ4v) is 2.90. The molecule has 2 nitrogen and oxygen atoms in total. The van der Waals surface area contributed by atoms with Gasteiger partial charge in [0.15, 0.2) is 0 Å². The summed E-state index contributed by atoms with van der Waals surface area (Å²) < 4.78 is 0. The molecule has 1 rings (SSSR count). The summed E-state index contributed by atoms with van der Waals surface area (Å²) >= 11 is 1.81. The fourth-order valence-electron chi connectivity index (χ4n) is 1.88. The third-order valence-electron chi connectivity index (χ3n) is 2.89. The lowest BCUT2D eigenvalue weighted by molar-refractivity contribution is 0.295. The lowest BCUT2D eigenvalue weighted by atomic mass is 10.1. The van der Waals surface area contributed by atoms with Crippen LogP contribution >= 0.6 is 11.3 Å². The van der Waals surface area contributed by atoms with E-state index in [2.05, 4.69) is 31.1 Å². The Morgan fingerprint density at radius 3 is 2.40 bits per heavy atom. The van der Waals surface area contributed by atoms with E-state index in [0.29, 0.717) is 6.54 Å². The molecule has 1 aromatic heterocycles. The van der Waals surface area contributed by atoms with Crippen LogP contribution in [0.4, 0.5) is 0 Å². The maximum absolute atomic E-state index is 5.73. The van der Waals surface area contributed by atoms with Crippen LogP contribution in [0, 0.1) is 0 Å². The number of rotatable bonds is 6. The molecule has 0 saturated heterocycles. The second-order valence-electron chi connectivity index (χ2n) is 3.68. The van der Waals surface area contributed by atoms with Crippen LogP contribution in [0.1, 0.15) is 36.8 Å². The Morgan fingerprint density at radius 2 is 1.93 bits per heavy atom. The summed E-state index contributed by atoms with van der Waals surface area (Å²) in [6.45, 7) is 10.6. The first-order valence-corrected chi connectivity index (χ1v) is 6.65. The highest BCUT2D eigenvalue weighted by atomic mass is 32.1. The van der Waals surface area contributed by atoms with Crippen LogP contribution in [0.15, 0.2) is 5.38 Å². The van der Waals surface area contributed by atoms with Crippen LogP contribution < -0.4 is 5.73 Å². The van der Waals surface area contributed by atoms with E-state index in [0.717, 1.165) is 26.1 Å². The number of thiophene rings is 1. The van der Waals surface area contributed by atoms with Gasteiger partial charge in [0.2, 0.25) is 0 Å². The van der Waals surface area contributed by atoms with Gasteiger partial charge in [-0.15, -0.1) is 11.3 Å². The van der Waals surface area contributed by atoms with Crippen LogP contribution in [0.3, 0.4) is 0 Å². The average molecular weight is 226 g/mol. The highest BCUT2D eigenvalue weighted by molar-refractivity contribution is 7.10.